The summed E-state index contributed by atoms with van der Waals surface area (Å²) in [5.41, 5.74) is 3.03. The molecule has 14 heteroatoms. The number of carbonyl (C=O) groups is 4. The number of benzene rings is 3. The first-order valence-electron chi connectivity index (χ1n) is 17.3. The Morgan fingerprint density at radius 3 is 2.33 bits per heavy atom. The monoisotopic (exact) mass is 710 g/mol. The fraction of sp³-hybridized carbons (Fsp3) is 0.395. The summed E-state index contributed by atoms with van der Waals surface area (Å²) in [7, 11) is 4.81. The van der Waals surface area contributed by atoms with Crippen molar-refractivity contribution in [2.75, 3.05) is 33.9 Å². The molecule has 3 aromatic carbocycles. The van der Waals surface area contributed by atoms with Gasteiger partial charge in [0.1, 0.15) is 17.5 Å². The molecule has 0 radical (unpaired) electrons. The van der Waals surface area contributed by atoms with Crippen LogP contribution >= 0.6 is 0 Å². The lowest BCUT2D eigenvalue weighted by Gasteiger charge is -2.30. The third-order valence-electron chi connectivity index (χ3n) is 8.77. The number of nitrogens with zero attached hydrogens (tertiary/aromatic N) is 5. The zero-order valence-electron chi connectivity index (χ0n) is 30.2. The van der Waals surface area contributed by atoms with Crippen LogP contribution in [0.1, 0.15) is 58.5 Å². The van der Waals surface area contributed by atoms with E-state index >= 15 is 0 Å². The van der Waals surface area contributed by atoms with Crippen molar-refractivity contribution in [2.45, 2.75) is 51.6 Å². The van der Waals surface area contributed by atoms with Gasteiger partial charge in [-0.3, -0.25) is 19.2 Å². The SMILES string of the molecule is COc1ccc(C[C@@H]2NC(=O)c3ccc(OC)c(c3)CCCNC(=O)CN(C(=O)c3ccc(-c4nnn(C)n4)cc3)C[C@H](CC(C)C)NC2=O)cc1. The number of ether oxygens (including phenoxy) is 2. The Bertz CT molecular complexity index is 1860. The minimum absolute atomic E-state index is 0.0603. The molecule has 4 aromatic rings. The minimum Gasteiger partial charge on any atom is -0.497 e. The first-order valence-corrected chi connectivity index (χ1v) is 17.3. The molecule has 14 nitrogen and oxygen atoms in total. The smallest absolute Gasteiger partial charge is 0.254 e. The van der Waals surface area contributed by atoms with Crippen molar-refractivity contribution in [1.82, 2.24) is 41.1 Å². The van der Waals surface area contributed by atoms with Crippen LogP contribution in [-0.4, -0.2) is 94.7 Å². The molecular weight excluding hydrogens is 664 g/mol. The van der Waals surface area contributed by atoms with Gasteiger partial charge in [0.15, 0.2) is 0 Å². The first-order chi connectivity index (χ1) is 25.0. The van der Waals surface area contributed by atoms with Crippen LogP contribution in [0, 0.1) is 5.92 Å². The van der Waals surface area contributed by atoms with E-state index in [1.165, 1.54) is 9.70 Å². The molecule has 0 saturated heterocycles. The van der Waals surface area contributed by atoms with Crippen molar-refractivity contribution in [3.63, 3.8) is 0 Å². The summed E-state index contributed by atoms with van der Waals surface area (Å²) in [5.74, 6) is 0.308. The fourth-order valence-electron chi connectivity index (χ4n) is 6.18. The Hall–Kier alpha value is -5.79. The second kappa shape index (κ2) is 17.4. The van der Waals surface area contributed by atoms with Gasteiger partial charge in [-0.2, -0.15) is 4.80 Å². The Balaban J connectivity index is 1.47. The van der Waals surface area contributed by atoms with E-state index in [-0.39, 0.29) is 37.2 Å². The van der Waals surface area contributed by atoms with E-state index in [0.717, 1.165) is 11.1 Å². The second-order valence-corrected chi connectivity index (χ2v) is 13.3. The minimum atomic E-state index is -0.952. The molecule has 0 spiro atoms. The van der Waals surface area contributed by atoms with Gasteiger partial charge in [0.05, 0.1) is 27.8 Å². The summed E-state index contributed by atoms with van der Waals surface area (Å²) in [5, 5.41) is 21.1. The van der Waals surface area contributed by atoms with E-state index in [2.05, 4.69) is 31.4 Å². The molecule has 4 amide bonds. The van der Waals surface area contributed by atoms with Crippen LogP contribution < -0.4 is 25.4 Å². The molecule has 52 heavy (non-hydrogen) atoms. The predicted octanol–water partition coefficient (Wildman–Crippen LogP) is 2.97. The summed E-state index contributed by atoms with van der Waals surface area (Å²) < 4.78 is 10.9. The largest absolute Gasteiger partial charge is 0.497 e. The van der Waals surface area contributed by atoms with Gasteiger partial charge in [0, 0.05) is 42.2 Å². The summed E-state index contributed by atoms with van der Waals surface area (Å²) in [6.45, 7) is 4.22. The molecule has 5 rings (SSSR count). The number of hydrogen-bond acceptors (Lipinski definition) is 9. The zero-order chi connectivity index (χ0) is 37.2. The van der Waals surface area contributed by atoms with Crippen LogP contribution in [0.25, 0.3) is 11.4 Å². The van der Waals surface area contributed by atoms with Crippen molar-refractivity contribution < 1.29 is 28.7 Å². The average molecular weight is 711 g/mol. The van der Waals surface area contributed by atoms with Crippen molar-refractivity contribution in [3.05, 3.63) is 89.0 Å². The molecule has 0 unspecified atom stereocenters. The zero-order valence-corrected chi connectivity index (χ0v) is 30.2. The maximum atomic E-state index is 14.2. The highest BCUT2D eigenvalue weighted by molar-refractivity contribution is 5.98. The van der Waals surface area contributed by atoms with E-state index in [4.69, 9.17) is 9.47 Å². The van der Waals surface area contributed by atoms with Gasteiger partial charge in [-0.15, -0.1) is 10.2 Å². The molecule has 0 saturated carbocycles. The number of tetrazole rings is 1. The van der Waals surface area contributed by atoms with Gasteiger partial charge in [-0.05, 0) is 84.0 Å². The van der Waals surface area contributed by atoms with E-state index in [1.54, 1.807) is 75.9 Å². The predicted molar refractivity (Wildman–Crippen MR) is 194 cm³/mol. The summed E-state index contributed by atoms with van der Waals surface area (Å²) in [4.78, 5) is 58.1. The Morgan fingerprint density at radius 1 is 0.942 bits per heavy atom. The molecule has 2 heterocycles. The van der Waals surface area contributed by atoms with Crippen LogP contribution in [-0.2, 0) is 29.5 Å². The first kappa shape index (κ1) is 37.5. The van der Waals surface area contributed by atoms with Gasteiger partial charge in [0.25, 0.3) is 11.8 Å². The van der Waals surface area contributed by atoms with Crippen molar-refractivity contribution in [1.29, 1.82) is 0 Å². The number of carbonyl (C=O) groups excluding carboxylic acids is 4. The van der Waals surface area contributed by atoms with E-state index in [9.17, 15) is 19.2 Å². The third-order valence-corrected chi connectivity index (χ3v) is 8.77. The Kier molecular flexibility index (Phi) is 12.6. The van der Waals surface area contributed by atoms with Crippen LogP contribution in [0.2, 0.25) is 0 Å². The highest BCUT2D eigenvalue weighted by atomic mass is 16.5. The van der Waals surface area contributed by atoms with Gasteiger partial charge in [-0.25, -0.2) is 0 Å². The quantitative estimate of drug-likeness (QED) is 0.249. The number of nitrogens with one attached hydrogen (secondary N) is 3. The maximum absolute atomic E-state index is 14.2. The van der Waals surface area contributed by atoms with Gasteiger partial charge in [-0.1, -0.05) is 38.1 Å². The van der Waals surface area contributed by atoms with Crippen LogP contribution in [0.5, 0.6) is 11.5 Å². The molecule has 1 aromatic heterocycles. The van der Waals surface area contributed by atoms with Gasteiger partial charge >= 0.3 is 0 Å². The summed E-state index contributed by atoms with van der Waals surface area (Å²) in [6.07, 6.45) is 1.80. The lowest BCUT2D eigenvalue weighted by Crippen LogP contribution is -2.54. The third kappa shape index (κ3) is 9.92. The topological polar surface area (TPSA) is 170 Å². The van der Waals surface area contributed by atoms with E-state index in [1.807, 2.05) is 26.0 Å². The van der Waals surface area contributed by atoms with Crippen molar-refractivity contribution >= 4 is 23.6 Å². The highest BCUT2D eigenvalue weighted by Gasteiger charge is 2.29. The number of hydrogen-bond donors (Lipinski definition) is 3. The maximum Gasteiger partial charge on any atom is 0.254 e. The van der Waals surface area contributed by atoms with Gasteiger partial charge < -0.3 is 30.3 Å². The molecule has 1 aliphatic rings. The standard InChI is InChI=1S/C38H46N8O6/c1-24(2)19-30-22-46(38(50)27-12-10-26(11-13-27)35-42-44-45(3)43-35)23-34(47)39-18-6-7-28-21-29(14-17-33(28)52-5)36(48)41-32(37(49)40-30)20-25-8-15-31(51-4)16-9-25/h8-17,21,24,30,32H,6-7,18-20,22-23H2,1-5H3,(H,39,47)(H,40,49)(H,41,48)/t30-,32-/m0/s1. The molecular formula is C38H46N8O6. The average Bonchev–Trinajstić information content (AvgIpc) is 3.58. The van der Waals surface area contributed by atoms with Crippen LogP contribution in [0.15, 0.2) is 66.7 Å². The highest BCUT2D eigenvalue weighted by Crippen LogP contribution is 2.22. The van der Waals surface area contributed by atoms with Crippen LogP contribution in [0.4, 0.5) is 0 Å². The van der Waals surface area contributed by atoms with Crippen molar-refractivity contribution in [2.24, 2.45) is 13.0 Å². The molecule has 274 valence electrons. The second-order valence-electron chi connectivity index (χ2n) is 13.3. The Labute approximate surface area is 303 Å². The summed E-state index contributed by atoms with van der Waals surface area (Å²) >= 11 is 0. The van der Waals surface area contributed by atoms with E-state index < -0.39 is 23.9 Å². The van der Waals surface area contributed by atoms with E-state index in [0.29, 0.717) is 59.8 Å². The fourth-order valence-corrected chi connectivity index (χ4v) is 6.18. The molecule has 2 atom stereocenters. The summed E-state index contributed by atoms with van der Waals surface area (Å²) in [6, 6.07) is 17.7. The number of rotatable bonds is 8. The molecule has 2 bridgehead atoms. The lowest BCUT2D eigenvalue weighted by molar-refractivity contribution is -0.123. The van der Waals surface area contributed by atoms with Crippen LogP contribution in [0.3, 0.4) is 0 Å². The van der Waals surface area contributed by atoms with Gasteiger partial charge in [0.2, 0.25) is 17.6 Å². The number of methoxy groups -OCH3 is 2. The molecule has 3 N–H and O–H groups in total. The number of aromatic nitrogens is 4. The lowest BCUT2D eigenvalue weighted by atomic mass is 10.00. The number of fused-ring (bicyclic) bond motifs is 2. The molecule has 0 aliphatic carbocycles. The normalized spacial score (nSPS) is 17.5. The molecule has 1 aliphatic heterocycles. The van der Waals surface area contributed by atoms with Crippen molar-refractivity contribution in [3.8, 4) is 22.9 Å². The molecule has 0 fully saturated rings. The number of amides is 4. The Morgan fingerprint density at radius 2 is 1.67 bits per heavy atom. The number of aryl methyl sites for hydroxylation is 2.